The molecule has 0 N–H and O–H groups in total. The van der Waals surface area contributed by atoms with Crippen molar-refractivity contribution in [1.82, 2.24) is 15.0 Å². The molecule has 0 amide bonds. The predicted molar refractivity (Wildman–Crippen MR) is 56.3 cm³/mol. The highest BCUT2D eigenvalue weighted by molar-refractivity contribution is 6.07. The van der Waals surface area contributed by atoms with Gasteiger partial charge in [-0.3, -0.25) is 9.78 Å². The van der Waals surface area contributed by atoms with Crippen molar-refractivity contribution in [3.05, 3.63) is 48.3 Å². The Morgan fingerprint density at radius 2 is 2.12 bits per heavy atom. The molecule has 0 aliphatic rings. The molecule has 0 atom stereocenters. The largest absolute Gasteiger partial charge is 0.494 e. The monoisotopic (exact) mass is 215 g/mol. The van der Waals surface area contributed by atoms with Gasteiger partial charge in [0, 0.05) is 18.6 Å². The van der Waals surface area contributed by atoms with Crippen molar-refractivity contribution in [1.29, 1.82) is 0 Å². The number of ketones is 1. The normalized spacial score (nSPS) is 9.81. The van der Waals surface area contributed by atoms with Gasteiger partial charge in [-0.25, -0.2) is 9.97 Å². The van der Waals surface area contributed by atoms with E-state index in [1.54, 1.807) is 12.1 Å². The minimum atomic E-state index is -0.300. The smallest absolute Gasteiger partial charge is 0.235 e. The van der Waals surface area contributed by atoms with Crippen LogP contribution in [0.15, 0.2) is 36.9 Å². The maximum atomic E-state index is 12.0. The van der Waals surface area contributed by atoms with E-state index in [-0.39, 0.29) is 17.2 Å². The van der Waals surface area contributed by atoms with Crippen LogP contribution in [0.25, 0.3) is 0 Å². The summed E-state index contributed by atoms with van der Waals surface area (Å²) in [5.74, 6) is 0.128. The molecular formula is C11H9N3O2. The third-order valence-corrected chi connectivity index (χ3v) is 2.00. The van der Waals surface area contributed by atoms with Gasteiger partial charge < -0.3 is 4.74 Å². The third kappa shape index (κ3) is 1.88. The number of ether oxygens (including phenoxy) is 1. The predicted octanol–water partition coefficient (Wildman–Crippen LogP) is 1.11. The number of pyridine rings is 1. The lowest BCUT2D eigenvalue weighted by molar-refractivity contribution is 0.102. The number of hydrogen-bond donors (Lipinski definition) is 0. The zero-order valence-corrected chi connectivity index (χ0v) is 8.62. The van der Waals surface area contributed by atoms with Crippen molar-refractivity contribution >= 4 is 5.78 Å². The highest BCUT2D eigenvalue weighted by Crippen LogP contribution is 2.17. The summed E-state index contributed by atoms with van der Waals surface area (Å²) in [6.45, 7) is 0. The summed E-state index contributed by atoms with van der Waals surface area (Å²) in [5, 5.41) is 0. The number of methoxy groups -OCH3 is 1. The van der Waals surface area contributed by atoms with Gasteiger partial charge in [0.15, 0.2) is 5.69 Å². The average molecular weight is 215 g/mol. The van der Waals surface area contributed by atoms with Crippen LogP contribution < -0.4 is 4.74 Å². The second-order valence-corrected chi connectivity index (χ2v) is 2.97. The molecule has 16 heavy (non-hydrogen) atoms. The van der Waals surface area contributed by atoms with Crippen LogP contribution in [0.3, 0.4) is 0 Å². The standard InChI is InChI=1S/C11H9N3O2/c1-16-9-3-2-4-14-10(9)11(15)8-7-12-5-6-13-8/h2-7H,1H3. The zero-order chi connectivity index (χ0) is 11.4. The summed E-state index contributed by atoms with van der Waals surface area (Å²) in [5.41, 5.74) is 0.491. The first kappa shape index (κ1) is 10.2. The van der Waals surface area contributed by atoms with E-state index in [0.717, 1.165) is 0 Å². The molecule has 5 nitrogen and oxygen atoms in total. The Labute approximate surface area is 92.2 Å². The van der Waals surface area contributed by atoms with Crippen LogP contribution in [0, 0.1) is 0 Å². The number of carbonyl (C=O) groups is 1. The van der Waals surface area contributed by atoms with Crippen molar-refractivity contribution < 1.29 is 9.53 Å². The van der Waals surface area contributed by atoms with Crippen molar-refractivity contribution in [3.8, 4) is 5.75 Å². The van der Waals surface area contributed by atoms with Crippen LogP contribution in [0.5, 0.6) is 5.75 Å². The first-order valence-corrected chi connectivity index (χ1v) is 4.62. The molecule has 2 heterocycles. The van der Waals surface area contributed by atoms with Crippen LogP contribution in [0.1, 0.15) is 16.2 Å². The van der Waals surface area contributed by atoms with Gasteiger partial charge in [0.05, 0.1) is 13.3 Å². The van der Waals surface area contributed by atoms with Gasteiger partial charge in [-0.2, -0.15) is 0 Å². The summed E-state index contributed by atoms with van der Waals surface area (Å²) < 4.78 is 5.06. The van der Waals surface area contributed by atoms with Crippen LogP contribution in [-0.2, 0) is 0 Å². The number of aromatic nitrogens is 3. The van der Waals surface area contributed by atoms with Crippen molar-refractivity contribution in [2.75, 3.05) is 7.11 Å². The van der Waals surface area contributed by atoms with Crippen LogP contribution in [-0.4, -0.2) is 27.8 Å². The van der Waals surface area contributed by atoms with Crippen molar-refractivity contribution in [3.63, 3.8) is 0 Å². The minimum absolute atomic E-state index is 0.241. The third-order valence-electron chi connectivity index (χ3n) is 2.00. The molecule has 0 unspecified atom stereocenters. The molecule has 0 fully saturated rings. The Morgan fingerprint density at radius 1 is 1.25 bits per heavy atom. The fourth-order valence-electron chi connectivity index (χ4n) is 1.26. The molecular weight excluding hydrogens is 206 g/mol. The van der Waals surface area contributed by atoms with E-state index in [1.807, 2.05) is 0 Å². The Morgan fingerprint density at radius 3 is 2.81 bits per heavy atom. The van der Waals surface area contributed by atoms with E-state index in [9.17, 15) is 4.79 Å². The van der Waals surface area contributed by atoms with E-state index < -0.39 is 0 Å². The summed E-state index contributed by atoms with van der Waals surface area (Å²) in [6, 6.07) is 3.38. The fraction of sp³-hybridized carbons (Fsp3) is 0.0909. The first-order chi connectivity index (χ1) is 7.83. The summed E-state index contributed by atoms with van der Waals surface area (Å²) in [6.07, 6.45) is 5.90. The second-order valence-electron chi connectivity index (χ2n) is 2.97. The Bertz CT molecular complexity index is 500. The molecule has 80 valence electrons. The van der Waals surface area contributed by atoms with Gasteiger partial charge in [-0.15, -0.1) is 0 Å². The number of carbonyl (C=O) groups excluding carboxylic acids is 1. The van der Waals surface area contributed by atoms with E-state index in [0.29, 0.717) is 5.75 Å². The molecule has 0 bridgehead atoms. The van der Waals surface area contributed by atoms with Crippen LogP contribution >= 0.6 is 0 Å². The van der Waals surface area contributed by atoms with E-state index >= 15 is 0 Å². The zero-order valence-electron chi connectivity index (χ0n) is 8.62. The summed E-state index contributed by atoms with van der Waals surface area (Å²) in [7, 11) is 1.49. The molecule has 0 aliphatic carbocycles. The lowest BCUT2D eigenvalue weighted by Crippen LogP contribution is -2.08. The highest BCUT2D eigenvalue weighted by atomic mass is 16.5. The van der Waals surface area contributed by atoms with Crippen LogP contribution in [0.2, 0.25) is 0 Å². The number of nitrogens with zero attached hydrogens (tertiary/aromatic N) is 3. The number of hydrogen-bond acceptors (Lipinski definition) is 5. The maximum Gasteiger partial charge on any atom is 0.235 e. The topological polar surface area (TPSA) is 65.0 Å². The Hall–Kier alpha value is -2.30. The quantitative estimate of drug-likeness (QED) is 0.717. The van der Waals surface area contributed by atoms with Gasteiger partial charge >= 0.3 is 0 Å². The molecule has 5 heteroatoms. The van der Waals surface area contributed by atoms with Gasteiger partial charge in [0.25, 0.3) is 0 Å². The van der Waals surface area contributed by atoms with Gasteiger partial charge in [0.1, 0.15) is 11.4 Å². The van der Waals surface area contributed by atoms with Gasteiger partial charge in [-0.1, -0.05) is 0 Å². The molecule has 2 rings (SSSR count). The van der Waals surface area contributed by atoms with Gasteiger partial charge in [0.2, 0.25) is 5.78 Å². The van der Waals surface area contributed by atoms with Gasteiger partial charge in [-0.05, 0) is 12.1 Å². The fourth-order valence-corrected chi connectivity index (χ4v) is 1.26. The van der Waals surface area contributed by atoms with E-state index in [4.69, 9.17) is 4.74 Å². The van der Waals surface area contributed by atoms with Crippen molar-refractivity contribution in [2.45, 2.75) is 0 Å². The summed E-state index contributed by atoms with van der Waals surface area (Å²) in [4.78, 5) is 23.7. The molecule has 0 aliphatic heterocycles. The second kappa shape index (κ2) is 4.48. The molecule has 2 aromatic heterocycles. The SMILES string of the molecule is COc1cccnc1C(=O)c1cnccn1. The Balaban J connectivity index is 2.42. The average Bonchev–Trinajstić information content (AvgIpc) is 2.39. The lowest BCUT2D eigenvalue weighted by Gasteiger charge is -2.04. The molecule has 0 spiro atoms. The Kier molecular flexibility index (Phi) is 2.86. The number of rotatable bonds is 3. The molecule has 0 aromatic carbocycles. The van der Waals surface area contributed by atoms with Crippen LogP contribution in [0.4, 0.5) is 0 Å². The lowest BCUT2D eigenvalue weighted by atomic mass is 10.2. The minimum Gasteiger partial charge on any atom is -0.494 e. The molecule has 2 aromatic rings. The molecule has 0 radical (unpaired) electrons. The molecule has 0 saturated heterocycles. The molecule has 0 saturated carbocycles. The first-order valence-electron chi connectivity index (χ1n) is 4.62. The summed E-state index contributed by atoms with van der Waals surface area (Å²) >= 11 is 0. The van der Waals surface area contributed by atoms with E-state index in [2.05, 4.69) is 15.0 Å². The highest BCUT2D eigenvalue weighted by Gasteiger charge is 2.16. The maximum absolute atomic E-state index is 12.0. The van der Waals surface area contributed by atoms with Crippen molar-refractivity contribution in [2.24, 2.45) is 0 Å². The van der Waals surface area contributed by atoms with E-state index in [1.165, 1.54) is 31.9 Å².